The van der Waals surface area contributed by atoms with Gasteiger partial charge in [0.1, 0.15) is 12.2 Å². The van der Waals surface area contributed by atoms with Crippen molar-refractivity contribution in [3.05, 3.63) is 67.7 Å². The predicted octanol–water partition coefficient (Wildman–Crippen LogP) is 4.05. The summed E-state index contributed by atoms with van der Waals surface area (Å²) in [4.78, 5) is 47.8. The summed E-state index contributed by atoms with van der Waals surface area (Å²) in [5.74, 6) is -4.67. The molecule has 0 atom stereocenters. The molecule has 0 saturated carbocycles. The Morgan fingerprint density at radius 1 is 1.10 bits per heavy atom. The molecule has 0 N–H and O–H groups in total. The van der Waals surface area contributed by atoms with Crippen LogP contribution in [-0.2, 0) is 4.79 Å². The maximum absolute atomic E-state index is 13.1. The molecule has 1 aliphatic rings. The van der Waals surface area contributed by atoms with Crippen molar-refractivity contribution in [2.75, 3.05) is 11.6 Å². The molecular formula is C17H8Cl2F3N3O5. The number of alkyl halides is 3. The Hall–Kier alpha value is -3.18. The zero-order valence-electron chi connectivity index (χ0n) is 14.4. The van der Waals surface area contributed by atoms with E-state index >= 15 is 0 Å². The highest BCUT2D eigenvalue weighted by Gasteiger charge is 2.47. The molecule has 0 radical (unpaired) electrons. The maximum atomic E-state index is 13.1. The molecule has 8 nitrogen and oxygen atoms in total. The van der Waals surface area contributed by atoms with Crippen LogP contribution in [0.2, 0.25) is 10.0 Å². The first-order valence-electron chi connectivity index (χ1n) is 7.90. The van der Waals surface area contributed by atoms with E-state index in [0.717, 1.165) is 36.4 Å². The predicted molar refractivity (Wildman–Crippen MR) is 98.5 cm³/mol. The van der Waals surface area contributed by atoms with Crippen molar-refractivity contribution < 1.29 is 32.5 Å². The minimum absolute atomic E-state index is 0.00354. The van der Waals surface area contributed by atoms with Gasteiger partial charge in [-0.15, -0.1) is 0 Å². The fourth-order valence-electron chi connectivity index (χ4n) is 2.81. The summed E-state index contributed by atoms with van der Waals surface area (Å²) in [5, 5.41) is 11.0. The highest BCUT2D eigenvalue weighted by molar-refractivity contribution is 6.42. The topological polar surface area (TPSA) is 101 Å². The Balaban J connectivity index is 2.05. The van der Waals surface area contributed by atoms with Gasteiger partial charge >= 0.3 is 12.1 Å². The summed E-state index contributed by atoms with van der Waals surface area (Å²) < 4.78 is 39.4. The van der Waals surface area contributed by atoms with E-state index in [2.05, 4.69) is 0 Å². The van der Waals surface area contributed by atoms with Gasteiger partial charge in [-0.25, -0.2) is 0 Å². The van der Waals surface area contributed by atoms with E-state index in [4.69, 9.17) is 23.2 Å². The second-order valence-corrected chi connectivity index (χ2v) is 6.78. The molecule has 1 aliphatic heterocycles. The number of rotatable bonds is 4. The summed E-state index contributed by atoms with van der Waals surface area (Å²) in [6, 6.07) is 6.38. The fraction of sp³-hybridized carbons (Fsp3) is 0.118. The van der Waals surface area contributed by atoms with Crippen molar-refractivity contribution in [1.29, 1.82) is 0 Å². The van der Waals surface area contributed by atoms with Gasteiger partial charge in [-0.2, -0.15) is 13.2 Å². The molecule has 0 bridgehead atoms. The molecule has 2 aromatic rings. The van der Waals surface area contributed by atoms with E-state index in [-0.39, 0.29) is 20.5 Å². The Morgan fingerprint density at radius 2 is 1.77 bits per heavy atom. The van der Waals surface area contributed by atoms with Crippen LogP contribution in [0, 0.1) is 10.1 Å². The zero-order chi connectivity index (χ0) is 22.4. The van der Waals surface area contributed by atoms with Crippen molar-refractivity contribution in [3.8, 4) is 0 Å². The number of nitrogens with zero attached hydrogens (tertiary/aromatic N) is 3. The molecular weight excluding hydrogens is 454 g/mol. The normalized spacial score (nSPS) is 13.4. The van der Waals surface area contributed by atoms with Gasteiger partial charge in [0.2, 0.25) is 0 Å². The Kier molecular flexibility index (Phi) is 5.44. The number of nitro groups is 1. The van der Waals surface area contributed by atoms with Crippen LogP contribution in [0.4, 0.5) is 24.5 Å². The third-order valence-electron chi connectivity index (χ3n) is 4.16. The largest absolute Gasteiger partial charge is 0.471 e. The van der Waals surface area contributed by atoms with Crippen molar-refractivity contribution in [2.45, 2.75) is 6.18 Å². The number of hydrogen-bond acceptors (Lipinski definition) is 5. The molecule has 30 heavy (non-hydrogen) atoms. The zero-order valence-corrected chi connectivity index (χ0v) is 16.0. The van der Waals surface area contributed by atoms with E-state index in [1.54, 1.807) is 0 Å². The lowest BCUT2D eigenvalue weighted by Crippen LogP contribution is -2.49. The third kappa shape index (κ3) is 3.68. The number of anilines is 1. The monoisotopic (exact) mass is 461 g/mol. The molecule has 0 aromatic heterocycles. The molecule has 3 rings (SSSR count). The first-order valence-corrected chi connectivity index (χ1v) is 8.66. The number of carbonyl (C=O) groups excluding carboxylic acids is 3. The molecule has 1 heterocycles. The number of amides is 3. The Labute approximate surface area is 175 Å². The number of carbonyl (C=O) groups is 3. The van der Waals surface area contributed by atoms with Gasteiger partial charge in [0.15, 0.2) is 0 Å². The second kappa shape index (κ2) is 7.58. The summed E-state index contributed by atoms with van der Waals surface area (Å²) in [7, 11) is 0. The molecule has 0 saturated heterocycles. The molecule has 0 fully saturated rings. The quantitative estimate of drug-likeness (QED) is 0.388. The van der Waals surface area contributed by atoms with E-state index in [1.165, 1.54) is 0 Å². The minimum Gasteiger partial charge on any atom is -0.286 e. The van der Waals surface area contributed by atoms with Crippen LogP contribution in [0.3, 0.4) is 0 Å². The molecule has 2 aromatic carbocycles. The van der Waals surface area contributed by atoms with Gasteiger partial charge in [0.25, 0.3) is 17.5 Å². The summed E-state index contributed by atoms with van der Waals surface area (Å²) >= 11 is 11.5. The number of hydrogen-bond donors (Lipinski definition) is 0. The van der Waals surface area contributed by atoms with Crippen molar-refractivity contribution in [2.24, 2.45) is 0 Å². The smallest absolute Gasteiger partial charge is 0.286 e. The number of nitro benzene ring substituents is 1. The molecule has 0 spiro atoms. The summed E-state index contributed by atoms with van der Waals surface area (Å²) in [6.07, 6.45) is -5.35. The number of fused-ring (bicyclic) bond motifs is 1. The maximum Gasteiger partial charge on any atom is 0.471 e. The highest BCUT2D eigenvalue weighted by atomic mass is 35.5. The van der Waals surface area contributed by atoms with E-state index in [0.29, 0.717) is 4.90 Å². The van der Waals surface area contributed by atoms with Crippen LogP contribution >= 0.6 is 23.2 Å². The minimum atomic E-state index is -5.35. The van der Waals surface area contributed by atoms with Gasteiger partial charge in [0, 0.05) is 11.8 Å². The summed E-state index contributed by atoms with van der Waals surface area (Å²) in [6.45, 7) is -1.15. The van der Waals surface area contributed by atoms with Gasteiger partial charge in [-0.1, -0.05) is 29.3 Å². The van der Waals surface area contributed by atoms with E-state index < -0.39 is 52.4 Å². The number of halogens is 5. The second-order valence-electron chi connectivity index (χ2n) is 5.97. The van der Waals surface area contributed by atoms with Crippen molar-refractivity contribution in [3.63, 3.8) is 0 Å². The van der Waals surface area contributed by atoms with E-state index in [1.807, 2.05) is 0 Å². The first kappa shape index (κ1) is 21.5. The molecule has 156 valence electrons. The lowest BCUT2D eigenvalue weighted by Gasteiger charge is -2.27. The molecule has 0 unspecified atom stereocenters. The van der Waals surface area contributed by atoms with Crippen LogP contribution in [0.1, 0.15) is 20.7 Å². The molecule has 13 heteroatoms. The molecule has 3 amide bonds. The standard InChI is InChI=1S/C17H8Cl2F3N3O5/c18-10-5-4-8(6-11(10)19)23(16(28)17(20,21)22)7-24-14(26)9-2-1-3-12(25(29)30)13(9)15(24)27/h1-6H,7H2. The molecule has 0 aliphatic carbocycles. The average Bonchev–Trinajstić information content (AvgIpc) is 2.91. The van der Waals surface area contributed by atoms with Gasteiger partial charge in [0.05, 0.1) is 20.5 Å². The number of benzene rings is 2. The highest BCUT2D eigenvalue weighted by Crippen LogP contribution is 2.34. The van der Waals surface area contributed by atoms with Crippen molar-refractivity contribution >= 4 is 52.3 Å². The van der Waals surface area contributed by atoms with Crippen LogP contribution in [-0.4, -0.2) is 40.4 Å². The SMILES string of the molecule is O=C1c2cccc([N+](=O)[O-])c2C(=O)N1CN(C(=O)C(F)(F)F)c1ccc(Cl)c(Cl)c1. The van der Waals surface area contributed by atoms with Crippen LogP contribution in [0.15, 0.2) is 36.4 Å². The lowest BCUT2D eigenvalue weighted by molar-refractivity contribution is -0.385. The number of imide groups is 1. The third-order valence-corrected chi connectivity index (χ3v) is 4.90. The first-order chi connectivity index (χ1) is 13.9. The van der Waals surface area contributed by atoms with Crippen molar-refractivity contribution in [1.82, 2.24) is 4.90 Å². The van der Waals surface area contributed by atoms with Gasteiger partial charge in [-0.05, 0) is 24.3 Å². The van der Waals surface area contributed by atoms with Crippen LogP contribution in [0.5, 0.6) is 0 Å². The average molecular weight is 462 g/mol. The Bertz CT molecular complexity index is 1110. The van der Waals surface area contributed by atoms with Gasteiger partial charge in [-0.3, -0.25) is 34.3 Å². The van der Waals surface area contributed by atoms with E-state index in [9.17, 15) is 37.7 Å². The van der Waals surface area contributed by atoms with Gasteiger partial charge < -0.3 is 0 Å². The summed E-state index contributed by atoms with van der Waals surface area (Å²) in [5.41, 5.74) is -2.00. The van der Waals surface area contributed by atoms with Crippen LogP contribution < -0.4 is 4.90 Å². The lowest BCUT2D eigenvalue weighted by atomic mass is 10.1. The van der Waals surface area contributed by atoms with Crippen LogP contribution in [0.25, 0.3) is 0 Å². The fourth-order valence-corrected chi connectivity index (χ4v) is 3.10. The Morgan fingerprint density at radius 3 is 2.33 bits per heavy atom.